The Bertz CT molecular complexity index is 222. The molecule has 1 atom stereocenters. The number of nitrogens with zero attached hydrogens (tertiary/aromatic N) is 1. The molecule has 0 aromatic carbocycles. The van der Waals surface area contributed by atoms with Gasteiger partial charge in [-0.3, -0.25) is 9.69 Å². The first kappa shape index (κ1) is 12.5. The summed E-state index contributed by atoms with van der Waals surface area (Å²) in [7, 11) is 0. The SMILES string of the molecule is CC[C@H](C(=O)O)N1CCC(C)(CO)CC1. The molecular weight excluding hydrogens is 194 g/mol. The molecule has 0 spiro atoms. The van der Waals surface area contributed by atoms with E-state index in [9.17, 15) is 9.90 Å². The third-order valence-electron chi connectivity index (χ3n) is 3.50. The van der Waals surface area contributed by atoms with Crippen LogP contribution in [0.3, 0.4) is 0 Å². The van der Waals surface area contributed by atoms with E-state index in [0.717, 1.165) is 25.9 Å². The first-order valence-electron chi connectivity index (χ1n) is 5.60. The average molecular weight is 215 g/mol. The number of piperidine rings is 1. The van der Waals surface area contributed by atoms with E-state index in [1.165, 1.54) is 0 Å². The van der Waals surface area contributed by atoms with Crippen LogP contribution >= 0.6 is 0 Å². The fourth-order valence-electron chi connectivity index (χ4n) is 2.12. The number of hydrogen-bond donors (Lipinski definition) is 2. The van der Waals surface area contributed by atoms with Crippen LogP contribution in [0.25, 0.3) is 0 Å². The highest BCUT2D eigenvalue weighted by Crippen LogP contribution is 2.31. The van der Waals surface area contributed by atoms with Crippen LogP contribution < -0.4 is 0 Å². The second kappa shape index (κ2) is 4.94. The molecule has 1 saturated heterocycles. The first-order valence-corrected chi connectivity index (χ1v) is 5.60. The van der Waals surface area contributed by atoms with Crippen LogP contribution in [-0.2, 0) is 4.79 Å². The number of hydrogen-bond acceptors (Lipinski definition) is 3. The number of carbonyl (C=O) groups is 1. The average Bonchev–Trinajstić information content (AvgIpc) is 2.22. The van der Waals surface area contributed by atoms with Crippen LogP contribution in [0.15, 0.2) is 0 Å². The number of carboxylic acids is 1. The fraction of sp³-hybridized carbons (Fsp3) is 0.909. The predicted molar refractivity (Wildman–Crippen MR) is 57.7 cm³/mol. The lowest BCUT2D eigenvalue weighted by atomic mass is 9.81. The van der Waals surface area contributed by atoms with Crippen LogP contribution in [0, 0.1) is 5.41 Å². The minimum absolute atomic E-state index is 0.00665. The molecule has 1 aliphatic rings. The van der Waals surface area contributed by atoms with Gasteiger partial charge in [0, 0.05) is 6.61 Å². The van der Waals surface area contributed by atoms with E-state index in [-0.39, 0.29) is 18.1 Å². The number of aliphatic carboxylic acids is 1. The summed E-state index contributed by atoms with van der Waals surface area (Å²) in [5.41, 5.74) is -0.00665. The highest BCUT2D eigenvalue weighted by atomic mass is 16.4. The van der Waals surface area contributed by atoms with Gasteiger partial charge in [0.2, 0.25) is 0 Å². The molecule has 0 bridgehead atoms. The largest absolute Gasteiger partial charge is 0.480 e. The van der Waals surface area contributed by atoms with Crippen molar-refractivity contribution in [3.63, 3.8) is 0 Å². The normalized spacial score (nSPS) is 23.7. The van der Waals surface area contributed by atoms with E-state index in [0.29, 0.717) is 6.42 Å². The van der Waals surface area contributed by atoms with Gasteiger partial charge in [0.15, 0.2) is 0 Å². The van der Waals surface area contributed by atoms with Crippen molar-refractivity contribution in [2.45, 2.75) is 39.2 Å². The van der Waals surface area contributed by atoms with E-state index >= 15 is 0 Å². The molecule has 4 heteroatoms. The third-order valence-corrected chi connectivity index (χ3v) is 3.50. The fourth-order valence-corrected chi connectivity index (χ4v) is 2.12. The monoisotopic (exact) mass is 215 g/mol. The van der Waals surface area contributed by atoms with Gasteiger partial charge in [0.05, 0.1) is 0 Å². The Labute approximate surface area is 90.9 Å². The topological polar surface area (TPSA) is 60.8 Å². The molecule has 1 fully saturated rings. The van der Waals surface area contributed by atoms with Crippen LogP contribution in [0.2, 0.25) is 0 Å². The van der Waals surface area contributed by atoms with Gasteiger partial charge < -0.3 is 10.2 Å². The summed E-state index contributed by atoms with van der Waals surface area (Å²) in [6.45, 7) is 5.72. The molecule has 1 aliphatic heterocycles. The van der Waals surface area contributed by atoms with Gasteiger partial charge in [-0.15, -0.1) is 0 Å². The number of rotatable bonds is 4. The maximum atomic E-state index is 11.0. The summed E-state index contributed by atoms with van der Waals surface area (Å²) in [5, 5.41) is 18.2. The van der Waals surface area contributed by atoms with Crippen LogP contribution in [-0.4, -0.2) is 46.8 Å². The number of carboxylic acid groups (broad SMARTS) is 1. The molecule has 1 heterocycles. The van der Waals surface area contributed by atoms with E-state index in [4.69, 9.17) is 5.11 Å². The minimum Gasteiger partial charge on any atom is -0.480 e. The molecule has 0 aromatic heterocycles. The smallest absolute Gasteiger partial charge is 0.320 e. The van der Waals surface area contributed by atoms with Crippen molar-refractivity contribution in [2.24, 2.45) is 5.41 Å². The third kappa shape index (κ3) is 2.92. The van der Waals surface area contributed by atoms with Gasteiger partial charge >= 0.3 is 5.97 Å². The van der Waals surface area contributed by atoms with Crippen molar-refractivity contribution in [3.05, 3.63) is 0 Å². The molecule has 0 radical (unpaired) electrons. The Morgan fingerprint density at radius 2 is 2.00 bits per heavy atom. The highest BCUT2D eigenvalue weighted by molar-refractivity contribution is 5.73. The lowest BCUT2D eigenvalue weighted by Gasteiger charge is -2.40. The second-order valence-electron chi connectivity index (χ2n) is 4.77. The molecule has 0 unspecified atom stereocenters. The van der Waals surface area contributed by atoms with Crippen molar-refractivity contribution in [3.8, 4) is 0 Å². The molecule has 2 N–H and O–H groups in total. The summed E-state index contributed by atoms with van der Waals surface area (Å²) in [4.78, 5) is 13.0. The van der Waals surface area contributed by atoms with E-state index < -0.39 is 5.97 Å². The first-order chi connectivity index (χ1) is 7.02. The zero-order chi connectivity index (χ0) is 11.5. The lowest BCUT2D eigenvalue weighted by Crippen LogP contribution is -2.48. The van der Waals surface area contributed by atoms with Crippen molar-refractivity contribution in [1.82, 2.24) is 4.90 Å². The molecule has 0 saturated carbocycles. The van der Waals surface area contributed by atoms with Crippen LogP contribution in [0.5, 0.6) is 0 Å². The Balaban J connectivity index is 2.52. The molecule has 15 heavy (non-hydrogen) atoms. The van der Waals surface area contributed by atoms with E-state index in [1.54, 1.807) is 0 Å². The van der Waals surface area contributed by atoms with Crippen molar-refractivity contribution < 1.29 is 15.0 Å². The molecule has 0 aliphatic carbocycles. The maximum absolute atomic E-state index is 11.0. The molecule has 0 aromatic rings. The maximum Gasteiger partial charge on any atom is 0.320 e. The summed E-state index contributed by atoms with van der Waals surface area (Å²) >= 11 is 0. The standard InChI is InChI=1S/C11H21NO3/c1-3-9(10(14)15)12-6-4-11(2,8-13)5-7-12/h9,13H,3-8H2,1-2H3,(H,14,15)/t9-/m1/s1. The summed E-state index contributed by atoms with van der Waals surface area (Å²) in [6, 6.07) is -0.353. The van der Waals surface area contributed by atoms with Crippen molar-refractivity contribution >= 4 is 5.97 Å². The van der Waals surface area contributed by atoms with E-state index in [1.807, 2.05) is 11.8 Å². The zero-order valence-corrected chi connectivity index (χ0v) is 9.57. The minimum atomic E-state index is -0.731. The zero-order valence-electron chi connectivity index (χ0n) is 9.57. The van der Waals surface area contributed by atoms with Gasteiger partial charge in [-0.1, -0.05) is 13.8 Å². The molecule has 1 rings (SSSR count). The molecule has 88 valence electrons. The van der Waals surface area contributed by atoms with Gasteiger partial charge in [-0.25, -0.2) is 0 Å². The Kier molecular flexibility index (Phi) is 4.11. The number of likely N-dealkylation sites (tertiary alicyclic amines) is 1. The quantitative estimate of drug-likeness (QED) is 0.733. The predicted octanol–water partition coefficient (Wildman–Crippen LogP) is 0.944. The number of aliphatic hydroxyl groups excluding tert-OH is 1. The summed E-state index contributed by atoms with van der Waals surface area (Å²) < 4.78 is 0. The second-order valence-corrected chi connectivity index (χ2v) is 4.77. The highest BCUT2D eigenvalue weighted by Gasteiger charge is 2.33. The molecular formula is C11H21NO3. The summed E-state index contributed by atoms with van der Waals surface area (Å²) in [5.74, 6) is -0.731. The Hall–Kier alpha value is -0.610. The van der Waals surface area contributed by atoms with Crippen LogP contribution in [0.1, 0.15) is 33.1 Å². The Morgan fingerprint density at radius 3 is 2.33 bits per heavy atom. The molecule has 0 amide bonds. The van der Waals surface area contributed by atoms with Gasteiger partial charge in [0.1, 0.15) is 6.04 Å². The van der Waals surface area contributed by atoms with Crippen LogP contribution in [0.4, 0.5) is 0 Å². The molecule has 4 nitrogen and oxygen atoms in total. The van der Waals surface area contributed by atoms with Crippen molar-refractivity contribution in [2.75, 3.05) is 19.7 Å². The Morgan fingerprint density at radius 1 is 1.47 bits per heavy atom. The van der Waals surface area contributed by atoms with Gasteiger partial charge in [-0.2, -0.15) is 0 Å². The van der Waals surface area contributed by atoms with E-state index in [2.05, 4.69) is 6.92 Å². The van der Waals surface area contributed by atoms with Gasteiger partial charge in [-0.05, 0) is 37.8 Å². The van der Waals surface area contributed by atoms with Crippen molar-refractivity contribution in [1.29, 1.82) is 0 Å². The van der Waals surface area contributed by atoms with Gasteiger partial charge in [0.25, 0.3) is 0 Å². The lowest BCUT2D eigenvalue weighted by molar-refractivity contribution is -0.144. The number of aliphatic hydroxyl groups is 1. The summed E-state index contributed by atoms with van der Waals surface area (Å²) in [6.07, 6.45) is 2.41.